The van der Waals surface area contributed by atoms with E-state index >= 15 is 0 Å². The van der Waals surface area contributed by atoms with E-state index in [2.05, 4.69) is 31.5 Å². The van der Waals surface area contributed by atoms with Crippen LogP contribution in [0.25, 0.3) is 4.13 Å². The summed E-state index contributed by atoms with van der Waals surface area (Å²) in [5, 5.41) is 0. The summed E-state index contributed by atoms with van der Waals surface area (Å²) in [5.74, 6) is 2.19. The molecule has 0 amide bonds. The van der Waals surface area contributed by atoms with Crippen LogP contribution in [0.3, 0.4) is 0 Å². The Labute approximate surface area is 206 Å². The van der Waals surface area contributed by atoms with Crippen LogP contribution in [0.5, 0.6) is 0 Å². The number of halogens is 6. The van der Waals surface area contributed by atoms with E-state index in [4.69, 9.17) is 9.47 Å². The molecular weight excluding hydrogens is 544 g/mol. The van der Waals surface area contributed by atoms with E-state index in [1.54, 1.807) is 0 Å². The van der Waals surface area contributed by atoms with Gasteiger partial charge in [0.2, 0.25) is 6.33 Å². The fraction of sp³-hybridized carbons (Fsp3) is 0.842. The van der Waals surface area contributed by atoms with Gasteiger partial charge in [-0.05, 0) is 37.5 Å². The van der Waals surface area contributed by atoms with Crippen LogP contribution >= 0.6 is 0 Å². The lowest BCUT2D eigenvalue weighted by Crippen LogP contribution is -2.35. The Balaban J connectivity index is 0.000000384. The standard InChI is InChI=1S/C17H31N2O2.C2F6NO4S2/c1-5-20-12-18-8-9-19(11-18)13-21-17-10-15(4)6-7-16(17)14(2)3;3-1(4,5)14(10,11)9-15(12,13)2(6,7)8/h8-9,11,14-17H,5-7,10,12-13H2,1-4H3;/q+1;-1/t15-,16+,17-;/m1./s1. The van der Waals surface area contributed by atoms with Crippen molar-refractivity contribution < 1.29 is 57.2 Å². The normalized spacial score (nSPS) is 21.8. The van der Waals surface area contributed by atoms with Crippen LogP contribution in [-0.4, -0.2) is 45.1 Å². The average Bonchev–Trinajstić information content (AvgIpc) is 3.16. The summed E-state index contributed by atoms with van der Waals surface area (Å²) < 4.78 is 125. The first-order valence-electron chi connectivity index (χ1n) is 10.9. The van der Waals surface area contributed by atoms with Crippen molar-refractivity contribution in [2.24, 2.45) is 17.8 Å². The number of hydrogen-bond acceptors (Lipinski definition) is 6. The first-order chi connectivity index (χ1) is 16.3. The highest BCUT2D eigenvalue weighted by Gasteiger charge is 2.47. The Morgan fingerprint density at radius 3 is 2.08 bits per heavy atom. The van der Waals surface area contributed by atoms with Gasteiger partial charge in [0.15, 0.2) is 33.5 Å². The molecule has 1 saturated carbocycles. The van der Waals surface area contributed by atoms with Crippen LogP contribution in [0.2, 0.25) is 0 Å². The summed E-state index contributed by atoms with van der Waals surface area (Å²) >= 11 is 0. The molecule has 0 bridgehead atoms. The van der Waals surface area contributed by atoms with Crippen molar-refractivity contribution in [1.29, 1.82) is 0 Å². The third kappa shape index (κ3) is 9.79. The fourth-order valence-electron chi connectivity index (χ4n) is 3.49. The zero-order chi connectivity index (χ0) is 27.9. The fourth-order valence-corrected chi connectivity index (χ4v) is 5.20. The van der Waals surface area contributed by atoms with Crippen molar-refractivity contribution in [3.8, 4) is 0 Å². The molecule has 3 atom stereocenters. The van der Waals surface area contributed by atoms with Gasteiger partial charge in [-0.25, -0.2) is 26.0 Å². The van der Waals surface area contributed by atoms with Gasteiger partial charge in [0.05, 0.1) is 6.10 Å². The Hall–Kier alpha value is -1.43. The first kappa shape index (κ1) is 32.6. The minimum atomic E-state index is -6.72. The second-order valence-electron chi connectivity index (χ2n) is 8.64. The van der Waals surface area contributed by atoms with Gasteiger partial charge >= 0.3 is 11.0 Å². The third-order valence-electron chi connectivity index (χ3n) is 5.37. The van der Waals surface area contributed by atoms with E-state index in [0.29, 0.717) is 31.4 Å². The molecule has 0 aromatic carbocycles. The predicted molar refractivity (Wildman–Crippen MR) is 116 cm³/mol. The zero-order valence-electron chi connectivity index (χ0n) is 20.2. The van der Waals surface area contributed by atoms with Gasteiger partial charge < -0.3 is 13.6 Å². The molecule has 0 radical (unpaired) electrons. The number of rotatable bonds is 9. The van der Waals surface area contributed by atoms with E-state index in [1.807, 2.05) is 24.0 Å². The summed E-state index contributed by atoms with van der Waals surface area (Å²) in [6, 6.07) is 0. The molecule has 212 valence electrons. The first-order valence-corrected chi connectivity index (χ1v) is 13.8. The van der Waals surface area contributed by atoms with Crippen molar-refractivity contribution in [3.63, 3.8) is 0 Å². The molecule has 9 nitrogen and oxygen atoms in total. The second-order valence-corrected chi connectivity index (χ2v) is 12.1. The quantitative estimate of drug-likeness (QED) is 0.322. The maximum atomic E-state index is 11.4. The molecule has 36 heavy (non-hydrogen) atoms. The maximum Gasteiger partial charge on any atom is 0.480 e. The van der Waals surface area contributed by atoms with Gasteiger partial charge in [-0.2, -0.15) is 26.3 Å². The molecule has 0 N–H and O–H groups in total. The summed E-state index contributed by atoms with van der Waals surface area (Å²) in [5.41, 5.74) is -12.4. The summed E-state index contributed by atoms with van der Waals surface area (Å²) in [7, 11) is -13.4. The average molecular weight is 576 g/mol. The van der Waals surface area contributed by atoms with Crippen molar-refractivity contribution in [2.45, 2.75) is 77.5 Å². The van der Waals surface area contributed by atoms with Crippen molar-refractivity contribution in [3.05, 3.63) is 22.8 Å². The number of aromatic nitrogens is 2. The van der Waals surface area contributed by atoms with Gasteiger partial charge in [-0.15, -0.1) is 0 Å². The van der Waals surface area contributed by atoms with E-state index in [9.17, 15) is 43.2 Å². The molecule has 2 rings (SSSR count). The Bertz CT molecular complexity index is 983. The van der Waals surface area contributed by atoms with Gasteiger partial charge in [0, 0.05) is 6.61 Å². The second kappa shape index (κ2) is 12.9. The minimum Gasteiger partial charge on any atom is -0.421 e. The van der Waals surface area contributed by atoms with Crippen LogP contribution in [0.4, 0.5) is 26.3 Å². The number of hydrogen-bond donors (Lipinski definition) is 0. The predicted octanol–water partition coefficient (Wildman–Crippen LogP) is 4.26. The third-order valence-corrected chi connectivity index (χ3v) is 8.11. The molecule has 0 aliphatic heterocycles. The Morgan fingerprint density at radius 1 is 1.06 bits per heavy atom. The van der Waals surface area contributed by atoms with Crippen LogP contribution in [0.15, 0.2) is 18.7 Å². The smallest absolute Gasteiger partial charge is 0.421 e. The molecule has 1 aromatic rings. The lowest BCUT2D eigenvalue weighted by molar-refractivity contribution is -0.732. The molecular formula is C19H31F6N3O6S2. The molecule has 17 heteroatoms. The SMILES string of the molecule is CCOC[n+]1ccn(CO[C@@H]2C[C@H](C)CC[C@H]2C(C)C)c1.O=S(=O)([N-]S(=O)(=O)C(F)(F)F)C(F)(F)F. The largest absolute Gasteiger partial charge is 0.480 e. The summed E-state index contributed by atoms with van der Waals surface area (Å²) in [6.45, 7) is 11.0. The molecule has 0 saturated heterocycles. The van der Waals surface area contributed by atoms with Crippen LogP contribution in [-0.2, 0) is 43.0 Å². The molecule has 1 fully saturated rings. The van der Waals surface area contributed by atoms with E-state index in [-0.39, 0.29) is 0 Å². The number of ether oxygens (including phenoxy) is 2. The molecule has 1 aliphatic carbocycles. The maximum absolute atomic E-state index is 11.4. The van der Waals surface area contributed by atoms with Crippen LogP contribution < -0.4 is 4.57 Å². The minimum absolute atomic E-state index is 0.400. The molecule has 0 spiro atoms. The zero-order valence-corrected chi connectivity index (χ0v) is 21.8. The number of nitrogens with zero attached hydrogens (tertiary/aromatic N) is 3. The Kier molecular flexibility index (Phi) is 11.7. The monoisotopic (exact) mass is 575 g/mol. The topological polar surface area (TPSA) is 110 Å². The number of imidazole rings is 1. The van der Waals surface area contributed by atoms with E-state index < -0.39 is 31.1 Å². The number of alkyl halides is 6. The Morgan fingerprint density at radius 2 is 1.61 bits per heavy atom. The van der Waals surface area contributed by atoms with Gasteiger partial charge in [-0.3, -0.25) is 0 Å². The van der Waals surface area contributed by atoms with Gasteiger partial charge in [0.25, 0.3) is 0 Å². The van der Waals surface area contributed by atoms with Gasteiger partial charge in [-0.1, -0.05) is 27.2 Å². The summed E-state index contributed by atoms with van der Waals surface area (Å²) in [4.78, 5) is 0. The lowest BCUT2D eigenvalue weighted by atomic mass is 9.75. The highest BCUT2D eigenvalue weighted by atomic mass is 32.3. The summed E-state index contributed by atoms with van der Waals surface area (Å²) in [6.07, 6.45) is 10.4. The highest BCUT2D eigenvalue weighted by Crippen LogP contribution is 2.36. The highest BCUT2D eigenvalue weighted by molar-refractivity contribution is 8.13. The van der Waals surface area contributed by atoms with Crippen LogP contribution in [0.1, 0.15) is 47.0 Å². The van der Waals surface area contributed by atoms with E-state index in [0.717, 1.165) is 16.7 Å². The number of sulfonamides is 2. The van der Waals surface area contributed by atoms with Crippen LogP contribution in [0, 0.1) is 17.8 Å². The molecule has 1 heterocycles. The molecule has 0 unspecified atom stereocenters. The lowest BCUT2D eigenvalue weighted by Gasteiger charge is -2.36. The molecule has 1 aromatic heterocycles. The van der Waals surface area contributed by atoms with Crippen molar-refractivity contribution in [1.82, 2.24) is 4.57 Å². The van der Waals surface area contributed by atoms with E-state index in [1.165, 1.54) is 19.3 Å². The van der Waals surface area contributed by atoms with Gasteiger partial charge in [0.1, 0.15) is 12.4 Å². The molecule has 1 aliphatic rings. The van der Waals surface area contributed by atoms with Crippen molar-refractivity contribution >= 4 is 20.0 Å². The van der Waals surface area contributed by atoms with Crippen molar-refractivity contribution in [2.75, 3.05) is 6.61 Å².